The average molecular weight is 399 g/mol. The van der Waals surface area contributed by atoms with Crippen LogP contribution in [0.15, 0.2) is 21.5 Å². The van der Waals surface area contributed by atoms with Gasteiger partial charge in [0.05, 0.1) is 10.5 Å². The van der Waals surface area contributed by atoms with E-state index >= 15 is 0 Å². The maximum Gasteiger partial charge on any atom is 0.262 e. The third-order valence-electron chi connectivity index (χ3n) is 3.86. The number of halogens is 3. The van der Waals surface area contributed by atoms with E-state index in [1.54, 1.807) is 0 Å². The van der Waals surface area contributed by atoms with Crippen LogP contribution >= 0.6 is 26.6 Å². The predicted octanol–water partition coefficient (Wildman–Crippen LogP) is 3.44. The van der Waals surface area contributed by atoms with Crippen LogP contribution < -0.4 is 5.32 Å². The molecule has 8 heteroatoms. The second-order valence-electron chi connectivity index (χ2n) is 5.24. The molecular weight excluding hydrogens is 385 g/mol. The number of amides is 1. The first kappa shape index (κ1) is 16.7. The Morgan fingerprint density at radius 2 is 2.10 bits per heavy atom. The van der Waals surface area contributed by atoms with Crippen LogP contribution in [-0.4, -0.2) is 20.9 Å². The number of carbonyl (C=O) groups excluding carboxylic acids is 1. The van der Waals surface area contributed by atoms with Gasteiger partial charge in [-0.15, -0.1) is 0 Å². The molecule has 0 spiro atoms. The highest BCUT2D eigenvalue weighted by molar-refractivity contribution is 9.10. The first-order valence-electron chi connectivity index (χ1n) is 6.40. The number of benzene rings is 1. The highest BCUT2D eigenvalue weighted by Crippen LogP contribution is 2.47. The standard InChI is InChI=1S/C13H14BrClFNO3S/c1-2-13(3-4-13)7-17-12(18)8-5-11(21(15,19)20)9(14)6-10(8)16/h5-6H,2-4,7H2,1H3,(H,17,18). The lowest BCUT2D eigenvalue weighted by Crippen LogP contribution is -2.30. The van der Waals surface area contributed by atoms with E-state index in [1.807, 2.05) is 6.92 Å². The summed E-state index contributed by atoms with van der Waals surface area (Å²) < 4.78 is 36.6. The molecule has 0 bridgehead atoms. The summed E-state index contributed by atoms with van der Waals surface area (Å²) >= 11 is 2.92. The fraction of sp³-hybridized carbons (Fsp3) is 0.462. The van der Waals surface area contributed by atoms with Gasteiger partial charge in [-0.1, -0.05) is 6.92 Å². The molecule has 4 nitrogen and oxygen atoms in total. The first-order valence-corrected chi connectivity index (χ1v) is 9.51. The van der Waals surface area contributed by atoms with Gasteiger partial charge < -0.3 is 5.32 Å². The number of hydrogen-bond acceptors (Lipinski definition) is 3. The molecule has 1 amide bonds. The summed E-state index contributed by atoms with van der Waals surface area (Å²) in [5.74, 6) is -1.44. The van der Waals surface area contributed by atoms with Crippen molar-refractivity contribution in [1.82, 2.24) is 5.32 Å². The lowest BCUT2D eigenvalue weighted by Gasteiger charge is -2.14. The molecule has 1 fully saturated rings. The van der Waals surface area contributed by atoms with Gasteiger partial charge in [-0.3, -0.25) is 4.79 Å². The van der Waals surface area contributed by atoms with Crippen molar-refractivity contribution in [1.29, 1.82) is 0 Å². The zero-order chi connectivity index (χ0) is 15.8. The molecule has 1 aliphatic carbocycles. The predicted molar refractivity (Wildman–Crippen MR) is 81.4 cm³/mol. The highest BCUT2D eigenvalue weighted by Gasteiger charge is 2.40. The SMILES string of the molecule is CCC1(CNC(=O)c2cc(S(=O)(=O)Cl)c(Br)cc2F)CC1. The van der Waals surface area contributed by atoms with E-state index in [2.05, 4.69) is 21.2 Å². The number of nitrogens with one attached hydrogen (secondary N) is 1. The lowest BCUT2D eigenvalue weighted by molar-refractivity contribution is 0.0940. The van der Waals surface area contributed by atoms with Gasteiger partial charge in [0.2, 0.25) is 0 Å². The molecule has 0 saturated heterocycles. The van der Waals surface area contributed by atoms with Gasteiger partial charge in [0.25, 0.3) is 15.0 Å². The molecule has 1 aliphatic rings. The summed E-state index contributed by atoms with van der Waals surface area (Å²) in [5.41, 5.74) is -0.215. The van der Waals surface area contributed by atoms with Crippen LogP contribution in [0.2, 0.25) is 0 Å². The van der Waals surface area contributed by atoms with Crippen molar-refractivity contribution < 1.29 is 17.6 Å². The zero-order valence-corrected chi connectivity index (χ0v) is 14.4. The van der Waals surface area contributed by atoms with Gasteiger partial charge >= 0.3 is 0 Å². The topological polar surface area (TPSA) is 63.2 Å². The summed E-state index contributed by atoms with van der Waals surface area (Å²) in [6.45, 7) is 2.50. The molecule has 0 unspecified atom stereocenters. The minimum Gasteiger partial charge on any atom is -0.351 e. The largest absolute Gasteiger partial charge is 0.351 e. The van der Waals surface area contributed by atoms with E-state index in [-0.39, 0.29) is 20.3 Å². The van der Waals surface area contributed by atoms with E-state index in [0.29, 0.717) is 6.54 Å². The van der Waals surface area contributed by atoms with Crippen molar-refractivity contribution in [2.45, 2.75) is 31.1 Å². The minimum absolute atomic E-state index is 0.0150. The Bertz CT molecular complexity index is 689. The Morgan fingerprint density at radius 3 is 2.57 bits per heavy atom. The molecule has 0 atom stereocenters. The number of rotatable bonds is 5. The van der Waals surface area contributed by atoms with Crippen LogP contribution in [0.3, 0.4) is 0 Å². The summed E-state index contributed by atoms with van der Waals surface area (Å²) in [7, 11) is 1.20. The Balaban J connectivity index is 2.24. The number of carbonyl (C=O) groups is 1. The second kappa shape index (κ2) is 5.85. The molecule has 1 aromatic rings. The molecule has 21 heavy (non-hydrogen) atoms. The van der Waals surface area contributed by atoms with E-state index in [9.17, 15) is 17.6 Å². The van der Waals surface area contributed by atoms with Crippen LogP contribution in [0, 0.1) is 11.2 Å². The highest BCUT2D eigenvalue weighted by atomic mass is 79.9. The van der Waals surface area contributed by atoms with E-state index in [4.69, 9.17) is 10.7 Å². The molecule has 0 radical (unpaired) electrons. The molecular formula is C13H14BrClFNO3S. The Labute approximate surface area is 135 Å². The first-order chi connectivity index (χ1) is 9.68. The van der Waals surface area contributed by atoms with Gasteiger partial charge in [0.15, 0.2) is 0 Å². The van der Waals surface area contributed by atoms with Crippen molar-refractivity contribution in [3.8, 4) is 0 Å². The summed E-state index contributed by atoms with van der Waals surface area (Å²) in [4.78, 5) is 11.7. The molecule has 1 N–H and O–H groups in total. The van der Waals surface area contributed by atoms with Crippen LogP contribution in [-0.2, 0) is 9.05 Å². The van der Waals surface area contributed by atoms with Gasteiger partial charge in [0.1, 0.15) is 5.82 Å². The maximum atomic E-state index is 13.9. The second-order valence-corrected chi connectivity index (χ2v) is 8.63. The van der Waals surface area contributed by atoms with Gasteiger partial charge in [0, 0.05) is 21.7 Å². The Kier molecular flexibility index (Phi) is 4.66. The summed E-state index contributed by atoms with van der Waals surface area (Å²) in [5, 5.41) is 2.66. The third-order valence-corrected chi connectivity index (χ3v) is 6.14. The van der Waals surface area contributed by atoms with Crippen LogP contribution in [0.1, 0.15) is 36.5 Å². The lowest BCUT2D eigenvalue weighted by atomic mass is 10.0. The van der Waals surface area contributed by atoms with Gasteiger partial charge in [-0.2, -0.15) is 0 Å². The summed E-state index contributed by atoms with van der Waals surface area (Å²) in [6, 6.07) is 1.87. The van der Waals surface area contributed by atoms with Gasteiger partial charge in [-0.25, -0.2) is 12.8 Å². The smallest absolute Gasteiger partial charge is 0.262 e. The molecule has 0 aromatic heterocycles. The summed E-state index contributed by atoms with van der Waals surface area (Å²) in [6.07, 6.45) is 3.01. The Hall–Kier alpha value is -0.660. The molecule has 1 aromatic carbocycles. The van der Waals surface area contributed by atoms with Crippen LogP contribution in [0.25, 0.3) is 0 Å². The minimum atomic E-state index is -4.06. The third kappa shape index (κ3) is 3.76. The normalized spacial score (nSPS) is 16.6. The quantitative estimate of drug-likeness (QED) is 0.773. The molecule has 0 aliphatic heterocycles. The van der Waals surface area contributed by atoms with E-state index in [0.717, 1.165) is 31.4 Å². The number of hydrogen-bond donors (Lipinski definition) is 1. The molecule has 116 valence electrons. The van der Waals surface area contributed by atoms with Crippen molar-refractivity contribution in [3.63, 3.8) is 0 Å². The average Bonchev–Trinajstić information content (AvgIpc) is 3.15. The molecule has 0 heterocycles. The van der Waals surface area contributed by atoms with Crippen molar-refractivity contribution >= 4 is 41.6 Å². The van der Waals surface area contributed by atoms with Crippen molar-refractivity contribution in [2.75, 3.05) is 6.54 Å². The fourth-order valence-corrected chi connectivity index (χ4v) is 4.25. The van der Waals surface area contributed by atoms with Crippen LogP contribution in [0.5, 0.6) is 0 Å². The fourth-order valence-electron chi connectivity index (χ4n) is 2.09. The van der Waals surface area contributed by atoms with Crippen LogP contribution in [0.4, 0.5) is 4.39 Å². The van der Waals surface area contributed by atoms with Crippen molar-refractivity contribution in [3.05, 3.63) is 28.0 Å². The zero-order valence-electron chi connectivity index (χ0n) is 11.3. The Morgan fingerprint density at radius 1 is 1.48 bits per heavy atom. The van der Waals surface area contributed by atoms with E-state index in [1.165, 1.54) is 0 Å². The monoisotopic (exact) mass is 397 g/mol. The van der Waals surface area contributed by atoms with Gasteiger partial charge in [-0.05, 0) is 52.7 Å². The maximum absolute atomic E-state index is 13.9. The van der Waals surface area contributed by atoms with E-state index < -0.39 is 20.8 Å². The van der Waals surface area contributed by atoms with Crippen molar-refractivity contribution in [2.24, 2.45) is 5.41 Å². The molecule has 1 saturated carbocycles. The molecule has 2 rings (SSSR count).